The van der Waals surface area contributed by atoms with Gasteiger partial charge in [0.15, 0.2) is 0 Å². The molecule has 1 N–H and O–H groups in total. The monoisotopic (exact) mass is 224 g/mol. The SMILES string of the molecule is COCC(O)Cc1ncnc2sccc12. The molecule has 0 bridgehead atoms. The first-order chi connectivity index (χ1) is 7.31. The van der Waals surface area contributed by atoms with Crippen molar-refractivity contribution < 1.29 is 9.84 Å². The maximum atomic E-state index is 9.62. The van der Waals surface area contributed by atoms with Crippen molar-refractivity contribution in [3.8, 4) is 0 Å². The topological polar surface area (TPSA) is 55.2 Å². The second-order valence-electron chi connectivity index (χ2n) is 3.27. The van der Waals surface area contributed by atoms with Gasteiger partial charge in [0.25, 0.3) is 0 Å². The number of hydrogen-bond acceptors (Lipinski definition) is 5. The summed E-state index contributed by atoms with van der Waals surface area (Å²) in [5.74, 6) is 0. The lowest BCUT2D eigenvalue weighted by atomic mass is 10.1. The van der Waals surface area contributed by atoms with Gasteiger partial charge in [-0.25, -0.2) is 9.97 Å². The molecule has 0 saturated carbocycles. The number of rotatable bonds is 4. The second kappa shape index (κ2) is 4.65. The number of methoxy groups -OCH3 is 1. The third kappa shape index (κ3) is 2.31. The summed E-state index contributed by atoms with van der Waals surface area (Å²) >= 11 is 1.58. The van der Waals surface area contributed by atoms with Crippen LogP contribution in [0.15, 0.2) is 17.8 Å². The first kappa shape index (κ1) is 10.5. The van der Waals surface area contributed by atoms with Crippen molar-refractivity contribution in [1.82, 2.24) is 9.97 Å². The molecule has 4 nitrogen and oxygen atoms in total. The van der Waals surface area contributed by atoms with Gasteiger partial charge in [-0.05, 0) is 11.4 Å². The van der Waals surface area contributed by atoms with E-state index in [0.717, 1.165) is 15.9 Å². The van der Waals surface area contributed by atoms with Crippen LogP contribution >= 0.6 is 11.3 Å². The molecule has 2 heterocycles. The number of aliphatic hydroxyl groups excluding tert-OH is 1. The molecule has 0 aliphatic heterocycles. The Kier molecular flexibility index (Phi) is 3.25. The maximum absolute atomic E-state index is 9.62. The van der Waals surface area contributed by atoms with Crippen LogP contribution in [0.3, 0.4) is 0 Å². The van der Waals surface area contributed by atoms with Gasteiger partial charge >= 0.3 is 0 Å². The van der Waals surface area contributed by atoms with Gasteiger partial charge in [-0.1, -0.05) is 0 Å². The molecule has 1 unspecified atom stereocenters. The normalized spacial score (nSPS) is 13.2. The van der Waals surface area contributed by atoms with Crippen molar-refractivity contribution in [2.24, 2.45) is 0 Å². The van der Waals surface area contributed by atoms with E-state index >= 15 is 0 Å². The fourth-order valence-corrected chi connectivity index (χ4v) is 2.23. The van der Waals surface area contributed by atoms with E-state index in [4.69, 9.17) is 4.74 Å². The summed E-state index contributed by atoms with van der Waals surface area (Å²) in [5, 5.41) is 12.6. The van der Waals surface area contributed by atoms with E-state index in [1.54, 1.807) is 18.4 Å². The minimum atomic E-state index is -0.506. The lowest BCUT2D eigenvalue weighted by Gasteiger charge is -2.08. The average Bonchev–Trinajstić information content (AvgIpc) is 2.67. The van der Waals surface area contributed by atoms with Crippen LogP contribution in [0.5, 0.6) is 0 Å². The van der Waals surface area contributed by atoms with E-state index in [1.807, 2.05) is 11.4 Å². The highest BCUT2D eigenvalue weighted by Gasteiger charge is 2.10. The molecule has 0 aliphatic rings. The zero-order chi connectivity index (χ0) is 10.7. The quantitative estimate of drug-likeness (QED) is 0.849. The predicted molar refractivity (Wildman–Crippen MR) is 59.0 cm³/mol. The van der Waals surface area contributed by atoms with Crippen LogP contribution < -0.4 is 0 Å². The van der Waals surface area contributed by atoms with Crippen molar-refractivity contribution >= 4 is 21.6 Å². The van der Waals surface area contributed by atoms with Gasteiger partial charge in [0.2, 0.25) is 0 Å². The Morgan fingerprint density at radius 2 is 2.40 bits per heavy atom. The largest absolute Gasteiger partial charge is 0.390 e. The Morgan fingerprint density at radius 1 is 1.53 bits per heavy atom. The second-order valence-corrected chi connectivity index (χ2v) is 4.17. The molecule has 15 heavy (non-hydrogen) atoms. The van der Waals surface area contributed by atoms with E-state index in [9.17, 15) is 5.11 Å². The number of aliphatic hydroxyl groups is 1. The predicted octanol–water partition coefficient (Wildman–Crippen LogP) is 1.24. The summed E-state index contributed by atoms with van der Waals surface area (Å²) in [6, 6.07) is 1.98. The molecule has 0 amide bonds. The van der Waals surface area contributed by atoms with E-state index in [0.29, 0.717) is 13.0 Å². The number of aromatic nitrogens is 2. The van der Waals surface area contributed by atoms with Crippen LogP contribution in [-0.2, 0) is 11.2 Å². The van der Waals surface area contributed by atoms with Crippen LogP contribution in [0.4, 0.5) is 0 Å². The molecule has 0 radical (unpaired) electrons. The molecular weight excluding hydrogens is 212 g/mol. The molecule has 80 valence electrons. The summed E-state index contributed by atoms with van der Waals surface area (Å²) in [4.78, 5) is 9.29. The molecule has 2 aromatic heterocycles. The molecule has 1 atom stereocenters. The summed E-state index contributed by atoms with van der Waals surface area (Å²) in [5.41, 5.74) is 0.880. The van der Waals surface area contributed by atoms with Crippen LogP contribution in [0.25, 0.3) is 10.2 Å². The Labute approximate surface area is 91.6 Å². The van der Waals surface area contributed by atoms with E-state index in [1.165, 1.54) is 6.33 Å². The van der Waals surface area contributed by atoms with Crippen molar-refractivity contribution in [2.75, 3.05) is 13.7 Å². The van der Waals surface area contributed by atoms with Crippen LogP contribution in [0, 0.1) is 0 Å². The van der Waals surface area contributed by atoms with Crippen LogP contribution in [0.2, 0.25) is 0 Å². The number of fused-ring (bicyclic) bond motifs is 1. The molecule has 0 aliphatic carbocycles. The van der Waals surface area contributed by atoms with Crippen LogP contribution in [0.1, 0.15) is 5.69 Å². The number of ether oxygens (including phenoxy) is 1. The van der Waals surface area contributed by atoms with E-state index in [-0.39, 0.29) is 0 Å². The maximum Gasteiger partial charge on any atom is 0.126 e. The minimum Gasteiger partial charge on any atom is -0.390 e. The number of nitrogens with zero attached hydrogens (tertiary/aromatic N) is 2. The fraction of sp³-hybridized carbons (Fsp3) is 0.400. The summed E-state index contributed by atoms with van der Waals surface area (Å²) in [6.07, 6.45) is 1.53. The number of thiophene rings is 1. The van der Waals surface area contributed by atoms with Gasteiger partial charge in [-0.3, -0.25) is 0 Å². The highest BCUT2D eigenvalue weighted by atomic mass is 32.1. The average molecular weight is 224 g/mol. The molecule has 2 rings (SSSR count). The Bertz CT molecular complexity index is 444. The van der Waals surface area contributed by atoms with Crippen molar-refractivity contribution in [2.45, 2.75) is 12.5 Å². The lowest BCUT2D eigenvalue weighted by molar-refractivity contribution is 0.0646. The van der Waals surface area contributed by atoms with E-state index in [2.05, 4.69) is 9.97 Å². The molecule has 0 spiro atoms. The van der Waals surface area contributed by atoms with Gasteiger partial charge in [-0.15, -0.1) is 11.3 Å². The molecule has 0 aromatic carbocycles. The molecule has 0 fully saturated rings. The third-order valence-electron chi connectivity index (χ3n) is 2.13. The van der Waals surface area contributed by atoms with Crippen LogP contribution in [-0.4, -0.2) is 34.9 Å². The van der Waals surface area contributed by atoms with Gasteiger partial charge < -0.3 is 9.84 Å². The Morgan fingerprint density at radius 3 is 3.20 bits per heavy atom. The minimum absolute atomic E-state index is 0.329. The molecule has 2 aromatic rings. The summed E-state index contributed by atoms with van der Waals surface area (Å²) in [6.45, 7) is 0.329. The summed E-state index contributed by atoms with van der Waals surface area (Å²) in [7, 11) is 1.57. The Balaban J connectivity index is 2.23. The lowest BCUT2D eigenvalue weighted by Crippen LogP contribution is -2.17. The van der Waals surface area contributed by atoms with E-state index < -0.39 is 6.10 Å². The summed E-state index contributed by atoms with van der Waals surface area (Å²) < 4.78 is 4.88. The van der Waals surface area contributed by atoms with Crippen molar-refractivity contribution in [3.05, 3.63) is 23.5 Å². The van der Waals surface area contributed by atoms with Gasteiger partial charge in [0.05, 0.1) is 18.4 Å². The molecule has 5 heteroatoms. The zero-order valence-corrected chi connectivity index (χ0v) is 9.20. The fourth-order valence-electron chi connectivity index (χ4n) is 1.48. The standard InChI is InChI=1S/C10H12N2O2S/c1-14-5-7(13)4-9-8-2-3-15-10(8)12-6-11-9/h2-3,6-7,13H,4-5H2,1H3. The van der Waals surface area contributed by atoms with Crippen molar-refractivity contribution in [3.63, 3.8) is 0 Å². The molecular formula is C10H12N2O2S. The van der Waals surface area contributed by atoms with Crippen molar-refractivity contribution in [1.29, 1.82) is 0 Å². The van der Waals surface area contributed by atoms with Gasteiger partial charge in [0, 0.05) is 18.9 Å². The third-order valence-corrected chi connectivity index (χ3v) is 2.95. The number of hydrogen-bond donors (Lipinski definition) is 1. The zero-order valence-electron chi connectivity index (χ0n) is 8.38. The first-order valence-electron chi connectivity index (χ1n) is 4.65. The molecule has 0 saturated heterocycles. The van der Waals surface area contributed by atoms with Gasteiger partial charge in [-0.2, -0.15) is 0 Å². The highest BCUT2D eigenvalue weighted by Crippen LogP contribution is 2.21. The van der Waals surface area contributed by atoms with Gasteiger partial charge in [0.1, 0.15) is 11.2 Å². The smallest absolute Gasteiger partial charge is 0.126 e. The highest BCUT2D eigenvalue weighted by molar-refractivity contribution is 7.16. The first-order valence-corrected chi connectivity index (χ1v) is 5.53. The Hall–Kier alpha value is -1.04.